The number of nitrogens with two attached hydrogens (primary N) is 2. The maximum absolute atomic E-state index is 12.4. The van der Waals surface area contributed by atoms with Gasteiger partial charge in [-0.15, -0.1) is 0 Å². The van der Waals surface area contributed by atoms with Crippen LogP contribution in [-0.2, 0) is 19.2 Å². The fraction of sp³-hybridized carbons (Fsp3) is 0.765. The maximum Gasteiger partial charge on any atom is 0.243 e. The molecule has 0 aliphatic carbocycles. The van der Waals surface area contributed by atoms with Gasteiger partial charge in [0.1, 0.15) is 12.1 Å². The molecule has 25 heavy (non-hydrogen) atoms. The van der Waals surface area contributed by atoms with Gasteiger partial charge in [-0.3, -0.25) is 19.2 Å². The van der Waals surface area contributed by atoms with Gasteiger partial charge in [0.15, 0.2) is 0 Å². The van der Waals surface area contributed by atoms with Crippen LogP contribution in [0.15, 0.2) is 0 Å². The third-order valence-electron chi connectivity index (χ3n) is 3.68. The quantitative estimate of drug-likeness (QED) is 0.414. The van der Waals surface area contributed by atoms with Crippen LogP contribution in [0.5, 0.6) is 0 Å². The summed E-state index contributed by atoms with van der Waals surface area (Å²) < 4.78 is 0. The molecule has 0 heterocycles. The molecule has 0 saturated heterocycles. The molecule has 0 bridgehead atoms. The Labute approximate surface area is 149 Å². The summed E-state index contributed by atoms with van der Waals surface area (Å²) in [5.41, 5.74) is 10.5. The first-order chi connectivity index (χ1) is 11.4. The van der Waals surface area contributed by atoms with Gasteiger partial charge in [0, 0.05) is 5.92 Å². The minimum atomic E-state index is -1.13. The second-order valence-corrected chi connectivity index (χ2v) is 7.36. The first-order valence-corrected chi connectivity index (χ1v) is 8.62. The molecule has 0 aliphatic rings. The average molecular weight is 356 g/mol. The van der Waals surface area contributed by atoms with Gasteiger partial charge in [-0.1, -0.05) is 34.6 Å². The van der Waals surface area contributed by atoms with Crippen molar-refractivity contribution in [1.29, 1.82) is 0 Å². The summed E-state index contributed by atoms with van der Waals surface area (Å²) in [4.78, 5) is 47.4. The van der Waals surface area contributed by atoms with Crippen LogP contribution in [0.2, 0.25) is 0 Å². The molecule has 6 N–H and O–H groups in total. The highest BCUT2D eigenvalue weighted by atomic mass is 16.2. The fourth-order valence-corrected chi connectivity index (χ4v) is 2.53. The molecule has 0 spiro atoms. The van der Waals surface area contributed by atoms with Gasteiger partial charge in [-0.25, -0.2) is 0 Å². The Bertz CT molecular complexity index is 491. The molecule has 0 fully saturated rings. The summed E-state index contributed by atoms with van der Waals surface area (Å²) in [7, 11) is 0. The van der Waals surface area contributed by atoms with Crippen molar-refractivity contribution in [3.8, 4) is 0 Å². The third-order valence-corrected chi connectivity index (χ3v) is 3.68. The predicted octanol–water partition coefficient (Wildman–Crippen LogP) is 0.0450. The van der Waals surface area contributed by atoms with E-state index in [1.165, 1.54) is 0 Å². The largest absolute Gasteiger partial charge is 0.370 e. The summed E-state index contributed by atoms with van der Waals surface area (Å²) in [6.07, 6.45) is 0.662. The molecule has 0 radical (unpaired) electrons. The first-order valence-electron chi connectivity index (χ1n) is 8.62. The Morgan fingerprint density at radius 1 is 0.760 bits per heavy atom. The average Bonchev–Trinajstić information content (AvgIpc) is 2.43. The van der Waals surface area contributed by atoms with Gasteiger partial charge >= 0.3 is 0 Å². The van der Waals surface area contributed by atoms with E-state index in [0.717, 1.165) is 0 Å². The Kier molecular flexibility index (Phi) is 9.78. The molecule has 0 rings (SSSR count). The molecule has 0 aromatic heterocycles. The summed E-state index contributed by atoms with van der Waals surface area (Å²) in [6.45, 7) is 9.50. The summed E-state index contributed by atoms with van der Waals surface area (Å²) in [5, 5.41) is 5.05. The minimum absolute atomic E-state index is 0.132. The number of carbonyl (C=O) groups excluding carboxylic acids is 4. The lowest BCUT2D eigenvalue weighted by Crippen LogP contribution is -2.54. The number of nitrogens with one attached hydrogen (secondary N) is 2. The van der Waals surface area contributed by atoms with E-state index in [9.17, 15) is 19.2 Å². The highest BCUT2D eigenvalue weighted by Crippen LogP contribution is 2.12. The molecule has 4 amide bonds. The van der Waals surface area contributed by atoms with E-state index >= 15 is 0 Å². The van der Waals surface area contributed by atoms with E-state index in [1.54, 1.807) is 6.92 Å². The highest BCUT2D eigenvalue weighted by Gasteiger charge is 2.28. The van der Waals surface area contributed by atoms with Crippen molar-refractivity contribution < 1.29 is 19.2 Å². The van der Waals surface area contributed by atoms with Gasteiger partial charge in [-0.2, -0.15) is 0 Å². The molecule has 0 aromatic carbocycles. The predicted molar refractivity (Wildman–Crippen MR) is 94.9 cm³/mol. The van der Waals surface area contributed by atoms with Crippen molar-refractivity contribution in [2.45, 2.75) is 66.0 Å². The summed E-state index contributed by atoms with van der Waals surface area (Å²) in [6, 6.07) is -2.00. The van der Waals surface area contributed by atoms with Crippen molar-refractivity contribution in [3.05, 3.63) is 0 Å². The van der Waals surface area contributed by atoms with Gasteiger partial charge in [0.05, 0.1) is 6.42 Å². The van der Waals surface area contributed by atoms with Crippen molar-refractivity contribution in [1.82, 2.24) is 10.6 Å². The van der Waals surface area contributed by atoms with Crippen LogP contribution in [0.4, 0.5) is 0 Å². The normalized spacial score (nSPS) is 14.7. The zero-order valence-electron chi connectivity index (χ0n) is 15.8. The third kappa shape index (κ3) is 9.69. The zero-order valence-corrected chi connectivity index (χ0v) is 15.8. The number of hydrogen-bond donors (Lipinski definition) is 4. The highest BCUT2D eigenvalue weighted by molar-refractivity contribution is 5.94. The number of carbonyl (C=O) groups is 4. The molecular formula is C17H32N4O4. The minimum Gasteiger partial charge on any atom is -0.370 e. The van der Waals surface area contributed by atoms with Gasteiger partial charge in [0.25, 0.3) is 0 Å². The fourth-order valence-electron chi connectivity index (χ4n) is 2.53. The smallest absolute Gasteiger partial charge is 0.243 e. The second-order valence-electron chi connectivity index (χ2n) is 7.36. The van der Waals surface area contributed by atoms with E-state index in [-0.39, 0.29) is 24.2 Å². The molecule has 0 saturated carbocycles. The zero-order chi connectivity index (χ0) is 19.7. The molecule has 144 valence electrons. The number of rotatable bonds is 11. The molecule has 3 atom stereocenters. The Hall–Kier alpha value is -2.12. The lowest BCUT2D eigenvalue weighted by atomic mass is 9.97. The molecule has 8 heteroatoms. The topological polar surface area (TPSA) is 144 Å². The van der Waals surface area contributed by atoms with Gasteiger partial charge in [-0.05, 0) is 24.7 Å². The lowest BCUT2D eigenvalue weighted by molar-refractivity contribution is -0.134. The van der Waals surface area contributed by atoms with E-state index < -0.39 is 29.8 Å². The molecule has 0 aliphatic heterocycles. The summed E-state index contributed by atoms with van der Waals surface area (Å²) in [5.74, 6) is -2.24. The van der Waals surface area contributed by atoms with Crippen molar-refractivity contribution >= 4 is 23.6 Å². The Morgan fingerprint density at radius 2 is 1.24 bits per heavy atom. The van der Waals surface area contributed by atoms with Crippen LogP contribution in [-0.4, -0.2) is 35.7 Å². The van der Waals surface area contributed by atoms with Crippen LogP contribution < -0.4 is 22.1 Å². The standard InChI is InChI=1S/C17H32N4O4/c1-9(2)6-11(5)16(24)21-13(8-14(18)22)17(25)20-12(15(19)23)7-10(3)4/h9-13H,6-8H2,1-5H3,(H2,18,22)(H2,19,23)(H,20,25)(H,21,24)/t11-,12+,13+/m1/s1. The van der Waals surface area contributed by atoms with Crippen molar-refractivity contribution in [3.63, 3.8) is 0 Å². The number of hydrogen-bond acceptors (Lipinski definition) is 4. The van der Waals surface area contributed by atoms with Crippen LogP contribution in [0.3, 0.4) is 0 Å². The Morgan fingerprint density at radius 3 is 1.64 bits per heavy atom. The number of primary amides is 2. The van der Waals surface area contributed by atoms with Crippen molar-refractivity contribution in [2.75, 3.05) is 0 Å². The molecule has 0 aromatic rings. The first kappa shape index (κ1) is 22.9. The van der Waals surface area contributed by atoms with E-state index in [4.69, 9.17) is 11.5 Å². The molecule has 0 unspecified atom stereocenters. The lowest BCUT2D eigenvalue weighted by Gasteiger charge is -2.23. The molecule has 8 nitrogen and oxygen atoms in total. The number of amides is 4. The molecular weight excluding hydrogens is 324 g/mol. The van der Waals surface area contributed by atoms with Gasteiger partial charge < -0.3 is 22.1 Å². The van der Waals surface area contributed by atoms with Crippen LogP contribution in [0.1, 0.15) is 53.9 Å². The van der Waals surface area contributed by atoms with E-state index in [0.29, 0.717) is 18.8 Å². The monoisotopic (exact) mass is 356 g/mol. The SMILES string of the molecule is CC(C)C[C@@H](C)C(=O)N[C@@H](CC(N)=O)C(=O)N[C@@H](CC(C)C)C(N)=O. The maximum atomic E-state index is 12.4. The van der Waals surface area contributed by atoms with Crippen LogP contribution >= 0.6 is 0 Å². The van der Waals surface area contributed by atoms with E-state index in [1.807, 2.05) is 27.7 Å². The Balaban J connectivity index is 5.05. The van der Waals surface area contributed by atoms with Crippen LogP contribution in [0, 0.1) is 17.8 Å². The summed E-state index contributed by atoms with van der Waals surface area (Å²) >= 11 is 0. The van der Waals surface area contributed by atoms with Gasteiger partial charge in [0.2, 0.25) is 23.6 Å². The van der Waals surface area contributed by atoms with Crippen molar-refractivity contribution in [2.24, 2.45) is 29.2 Å². The van der Waals surface area contributed by atoms with Crippen LogP contribution in [0.25, 0.3) is 0 Å². The van der Waals surface area contributed by atoms with E-state index in [2.05, 4.69) is 10.6 Å². The second kappa shape index (κ2) is 10.7.